The largest absolute Gasteiger partial charge is 0.393 e. The van der Waals surface area contributed by atoms with Crippen LogP contribution in [0.2, 0.25) is 0 Å². The van der Waals surface area contributed by atoms with Crippen LogP contribution in [0.15, 0.2) is 30.3 Å². The minimum absolute atomic E-state index is 0.175. The fourth-order valence-corrected chi connectivity index (χ4v) is 2.82. The Hall–Kier alpha value is -1.37. The Morgan fingerprint density at radius 3 is 2.72 bits per heavy atom. The summed E-state index contributed by atoms with van der Waals surface area (Å²) in [7, 11) is 0. The van der Waals surface area contributed by atoms with Gasteiger partial charge in [0.25, 0.3) is 0 Å². The molecule has 0 bridgehead atoms. The molecular formula is C15H20N2O. The van der Waals surface area contributed by atoms with Gasteiger partial charge in [-0.2, -0.15) is 5.26 Å². The topological polar surface area (TPSA) is 47.3 Å². The molecule has 0 radical (unpaired) electrons. The third-order valence-electron chi connectivity index (χ3n) is 3.73. The van der Waals surface area contributed by atoms with E-state index in [0.29, 0.717) is 18.9 Å². The third kappa shape index (κ3) is 3.10. The zero-order chi connectivity index (χ0) is 13.0. The van der Waals surface area contributed by atoms with Crippen molar-refractivity contribution in [2.45, 2.75) is 50.9 Å². The molecule has 96 valence electrons. The van der Waals surface area contributed by atoms with Crippen molar-refractivity contribution >= 4 is 0 Å². The number of nitriles is 1. The summed E-state index contributed by atoms with van der Waals surface area (Å²) in [6, 6.07) is 13.1. The smallest absolute Gasteiger partial charge is 0.0638 e. The molecule has 1 heterocycles. The zero-order valence-electron chi connectivity index (χ0n) is 10.8. The van der Waals surface area contributed by atoms with E-state index in [1.807, 2.05) is 18.2 Å². The molecule has 0 amide bonds. The summed E-state index contributed by atoms with van der Waals surface area (Å²) < 4.78 is 0. The highest BCUT2D eigenvalue weighted by Crippen LogP contribution is 2.26. The quantitative estimate of drug-likeness (QED) is 0.887. The van der Waals surface area contributed by atoms with Gasteiger partial charge < -0.3 is 5.11 Å². The van der Waals surface area contributed by atoms with Gasteiger partial charge >= 0.3 is 0 Å². The SMILES string of the molecule is CC1CC(O)CC(CC#N)N1Cc1ccccc1. The van der Waals surface area contributed by atoms with Gasteiger partial charge in [0.05, 0.1) is 18.6 Å². The van der Waals surface area contributed by atoms with Gasteiger partial charge in [0, 0.05) is 18.6 Å². The van der Waals surface area contributed by atoms with Crippen molar-refractivity contribution in [3.63, 3.8) is 0 Å². The number of piperidine rings is 1. The summed E-state index contributed by atoms with van der Waals surface area (Å²) in [6.45, 7) is 3.00. The molecule has 1 aromatic carbocycles. The molecule has 3 atom stereocenters. The maximum atomic E-state index is 9.82. The monoisotopic (exact) mass is 244 g/mol. The number of aliphatic hydroxyl groups is 1. The van der Waals surface area contributed by atoms with Crippen LogP contribution in [0.25, 0.3) is 0 Å². The first-order valence-corrected chi connectivity index (χ1v) is 6.55. The van der Waals surface area contributed by atoms with Crippen LogP contribution >= 0.6 is 0 Å². The van der Waals surface area contributed by atoms with Crippen molar-refractivity contribution in [3.05, 3.63) is 35.9 Å². The fraction of sp³-hybridized carbons (Fsp3) is 0.533. The van der Waals surface area contributed by atoms with Crippen LogP contribution in [0.4, 0.5) is 0 Å². The van der Waals surface area contributed by atoms with Gasteiger partial charge in [-0.1, -0.05) is 30.3 Å². The van der Waals surface area contributed by atoms with Gasteiger partial charge in [0.1, 0.15) is 0 Å². The lowest BCUT2D eigenvalue weighted by molar-refractivity contribution is 0.00353. The van der Waals surface area contributed by atoms with Crippen molar-refractivity contribution in [2.75, 3.05) is 0 Å². The summed E-state index contributed by atoms with van der Waals surface area (Å²) >= 11 is 0. The van der Waals surface area contributed by atoms with E-state index in [9.17, 15) is 5.11 Å². The molecule has 0 aromatic heterocycles. The lowest BCUT2D eigenvalue weighted by Gasteiger charge is -2.42. The number of aliphatic hydroxyl groups excluding tert-OH is 1. The van der Waals surface area contributed by atoms with Crippen molar-refractivity contribution in [1.29, 1.82) is 5.26 Å². The zero-order valence-corrected chi connectivity index (χ0v) is 10.8. The highest BCUT2D eigenvalue weighted by molar-refractivity contribution is 5.15. The number of likely N-dealkylation sites (tertiary alicyclic amines) is 1. The molecule has 1 aliphatic heterocycles. The molecule has 0 saturated carbocycles. The number of rotatable bonds is 3. The Bertz CT molecular complexity index is 412. The van der Waals surface area contributed by atoms with Crippen LogP contribution in [0.3, 0.4) is 0 Å². The maximum Gasteiger partial charge on any atom is 0.0638 e. The lowest BCUT2D eigenvalue weighted by Crippen LogP contribution is -2.48. The van der Waals surface area contributed by atoms with Gasteiger partial charge in [0.2, 0.25) is 0 Å². The molecule has 1 aliphatic rings. The molecular weight excluding hydrogens is 224 g/mol. The Labute approximate surface area is 109 Å². The second-order valence-electron chi connectivity index (χ2n) is 5.15. The van der Waals surface area contributed by atoms with E-state index in [-0.39, 0.29) is 12.1 Å². The van der Waals surface area contributed by atoms with Crippen LogP contribution in [0.5, 0.6) is 0 Å². The first-order valence-electron chi connectivity index (χ1n) is 6.55. The molecule has 18 heavy (non-hydrogen) atoms. The average Bonchev–Trinajstić information content (AvgIpc) is 2.35. The lowest BCUT2D eigenvalue weighted by atomic mass is 9.92. The van der Waals surface area contributed by atoms with Crippen molar-refractivity contribution in [2.24, 2.45) is 0 Å². The van der Waals surface area contributed by atoms with Crippen LogP contribution in [-0.2, 0) is 6.54 Å². The Kier molecular flexibility index (Phi) is 4.35. The van der Waals surface area contributed by atoms with Crippen LogP contribution in [0.1, 0.15) is 31.7 Å². The number of hydrogen-bond donors (Lipinski definition) is 1. The van der Waals surface area contributed by atoms with E-state index in [2.05, 4.69) is 30.0 Å². The van der Waals surface area contributed by atoms with E-state index < -0.39 is 0 Å². The molecule has 3 unspecified atom stereocenters. The van der Waals surface area contributed by atoms with Gasteiger partial charge in [0.15, 0.2) is 0 Å². The normalized spacial score (nSPS) is 28.8. The van der Waals surface area contributed by atoms with Gasteiger partial charge in [-0.05, 0) is 25.3 Å². The van der Waals surface area contributed by atoms with Crippen LogP contribution in [-0.4, -0.2) is 28.2 Å². The summed E-state index contributed by atoms with van der Waals surface area (Å²) in [5.41, 5.74) is 1.27. The Morgan fingerprint density at radius 2 is 2.06 bits per heavy atom. The standard InChI is InChI=1S/C15H20N2O/c1-12-9-15(18)10-14(7-8-16)17(12)11-13-5-3-2-4-6-13/h2-6,12,14-15,18H,7,9-11H2,1H3. The molecule has 1 fully saturated rings. The Morgan fingerprint density at radius 1 is 1.33 bits per heavy atom. The summed E-state index contributed by atoms with van der Waals surface area (Å²) in [6.07, 6.45) is 1.75. The van der Waals surface area contributed by atoms with E-state index in [4.69, 9.17) is 5.26 Å². The minimum atomic E-state index is -0.259. The van der Waals surface area contributed by atoms with E-state index >= 15 is 0 Å². The highest BCUT2D eigenvalue weighted by atomic mass is 16.3. The number of nitrogens with zero attached hydrogens (tertiary/aromatic N) is 2. The van der Waals surface area contributed by atoms with E-state index in [0.717, 1.165) is 13.0 Å². The van der Waals surface area contributed by atoms with Gasteiger partial charge in [-0.15, -0.1) is 0 Å². The highest BCUT2D eigenvalue weighted by Gasteiger charge is 2.32. The predicted octanol–water partition coefficient (Wildman–Crippen LogP) is 2.31. The molecule has 2 rings (SSSR count). The summed E-state index contributed by atoms with van der Waals surface area (Å²) in [4.78, 5) is 2.35. The molecule has 1 aromatic rings. The van der Waals surface area contributed by atoms with Crippen LogP contribution < -0.4 is 0 Å². The molecule has 3 heteroatoms. The number of hydrogen-bond acceptors (Lipinski definition) is 3. The second kappa shape index (κ2) is 5.99. The number of benzene rings is 1. The molecule has 3 nitrogen and oxygen atoms in total. The Balaban J connectivity index is 2.10. The fourth-order valence-electron chi connectivity index (χ4n) is 2.82. The van der Waals surface area contributed by atoms with Gasteiger partial charge in [-0.25, -0.2) is 0 Å². The van der Waals surface area contributed by atoms with Crippen molar-refractivity contribution in [1.82, 2.24) is 4.90 Å². The van der Waals surface area contributed by atoms with Crippen molar-refractivity contribution < 1.29 is 5.11 Å². The first kappa shape index (κ1) is 13.1. The van der Waals surface area contributed by atoms with Crippen molar-refractivity contribution in [3.8, 4) is 6.07 Å². The van der Waals surface area contributed by atoms with E-state index in [1.165, 1.54) is 5.56 Å². The maximum absolute atomic E-state index is 9.82. The summed E-state index contributed by atoms with van der Waals surface area (Å²) in [5.74, 6) is 0. The molecule has 0 spiro atoms. The third-order valence-corrected chi connectivity index (χ3v) is 3.73. The van der Waals surface area contributed by atoms with Gasteiger partial charge in [-0.3, -0.25) is 4.90 Å². The molecule has 1 saturated heterocycles. The second-order valence-corrected chi connectivity index (χ2v) is 5.15. The molecule has 0 aliphatic carbocycles. The van der Waals surface area contributed by atoms with Crippen LogP contribution in [0, 0.1) is 11.3 Å². The predicted molar refractivity (Wildman–Crippen MR) is 70.7 cm³/mol. The molecule has 1 N–H and O–H groups in total. The average molecular weight is 244 g/mol. The summed E-state index contributed by atoms with van der Waals surface area (Å²) in [5, 5.41) is 18.7. The first-order chi connectivity index (χ1) is 8.70. The van der Waals surface area contributed by atoms with E-state index in [1.54, 1.807) is 0 Å². The minimum Gasteiger partial charge on any atom is -0.393 e.